The second-order valence-electron chi connectivity index (χ2n) is 7.88. The van der Waals surface area contributed by atoms with E-state index < -0.39 is 10.0 Å². The Morgan fingerprint density at radius 2 is 1.77 bits per heavy atom. The van der Waals surface area contributed by atoms with Crippen LogP contribution in [-0.4, -0.2) is 56.3 Å². The normalized spacial score (nSPS) is 17.1. The molecule has 0 bridgehead atoms. The Bertz CT molecular complexity index is 1060. The molecular weight excluding hydrogens is 405 g/mol. The van der Waals surface area contributed by atoms with E-state index in [0.29, 0.717) is 23.7 Å². The van der Waals surface area contributed by atoms with Gasteiger partial charge in [0.15, 0.2) is 0 Å². The van der Waals surface area contributed by atoms with Gasteiger partial charge in [0.05, 0.1) is 11.4 Å². The molecule has 1 N–H and O–H groups in total. The lowest BCUT2D eigenvalue weighted by molar-refractivity contribution is -0.130. The van der Waals surface area contributed by atoms with E-state index in [2.05, 4.69) is 5.32 Å². The number of anilines is 1. The van der Waals surface area contributed by atoms with E-state index >= 15 is 0 Å². The largest absolute Gasteiger partial charge is 0.376 e. The molecule has 0 unspecified atom stereocenters. The molecule has 0 aromatic heterocycles. The first-order chi connectivity index (χ1) is 14.3. The van der Waals surface area contributed by atoms with E-state index in [0.717, 1.165) is 30.4 Å². The number of carbonyl (C=O) groups excluding carboxylic acids is 1. The monoisotopic (exact) mass is 431 g/mol. The van der Waals surface area contributed by atoms with Crippen LogP contribution in [0.2, 0.25) is 0 Å². The first-order valence-corrected chi connectivity index (χ1v) is 11.7. The number of sulfonamides is 1. The molecule has 2 aliphatic rings. The van der Waals surface area contributed by atoms with Crippen LogP contribution < -0.4 is 5.32 Å². The molecule has 1 aliphatic heterocycles. The SMILES string of the molecule is Cc1ccc(F)cc1NCC(=O)N1CCN(S(=O)(=O)c2ccc3c(c2)CCC3)CC1. The third-order valence-electron chi connectivity index (χ3n) is 5.93. The van der Waals surface area contributed by atoms with Crippen LogP contribution in [0.1, 0.15) is 23.1 Å². The van der Waals surface area contributed by atoms with E-state index in [4.69, 9.17) is 0 Å². The van der Waals surface area contributed by atoms with Crippen LogP contribution in [-0.2, 0) is 27.7 Å². The smallest absolute Gasteiger partial charge is 0.243 e. The van der Waals surface area contributed by atoms with Gasteiger partial charge in [0.25, 0.3) is 0 Å². The van der Waals surface area contributed by atoms with Gasteiger partial charge in [0.2, 0.25) is 15.9 Å². The fourth-order valence-corrected chi connectivity index (χ4v) is 5.58. The van der Waals surface area contributed by atoms with E-state index in [1.807, 2.05) is 13.0 Å². The molecule has 0 saturated carbocycles. The summed E-state index contributed by atoms with van der Waals surface area (Å²) in [6, 6.07) is 9.83. The van der Waals surface area contributed by atoms with Gasteiger partial charge in [-0.05, 0) is 67.1 Å². The highest BCUT2D eigenvalue weighted by atomic mass is 32.2. The Kier molecular flexibility index (Phi) is 5.79. The molecule has 1 fully saturated rings. The number of halogens is 1. The molecule has 2 aromatic rings. The Morgan fingerprint density at radius 1 is 1.03 bits per heavy atom. The van der Waals surface area contributed by atoms with Crippen molar-refractivity contribution in [2.75, 3.05) is 38.0 Å². The fourth-order valence-electron chi connectivity index (χ4n) is 4.10. The highest BCUT2D eigenvalue weighted by Gasteiger charge is 2.30. The van der Waals surface area contributed by atoms with Crippen molar-refractivity contribution in [1.82, 2.24) is 9.21 Å². The third kappa shape index (κ3) is 4.20. The summed E-state index contributed by atoms with van der Waals surface area (Å²) in [5, 5.41) is 2.98. The van der Waals surface area contributed by atoms with Crippen LogP contribution in [0.3, 0.4) is 0 Å². The van der Waals surface area contributed by atoms with Crippen molar-refractivity contribution < 1.29 is 17.6 Å². The Hall–Kier alpha value is -2.45. The number of benzene rings is 2. The number of amides is 1. The predicted octanol–water partition coefficient (Wildman–Crippen LogP) is 2.57. The molecule has 8 heteroatoms. The Morgan fingerprint density at radius 3 is 2.53 bits per heavy atom. The highest BCUT2D eigenvalue weighted by Crippen LogP contribution is 2.26. The third-order valence-corrected chi connectivity index (χ3v) is 7.82. The quantitative estimate of drug-likeness (QED) is 0.790. The van der Waals surface area contributed by atoms with Crippen LogP contribution in [0.25, 0.3) is 0 Å². The van der Waals surface area contributed by atoms with Crippen molar-refractivity contribution in [1.29, 1.82) is 0 Å². The van der Waals surface area contributed by atoms with Crippen molar-refractivity contribution in [3.63, 3.8) is 0 Å². The molecule has 6 nitrogen and oxygen atoms in total. The lowest BCUT2D eigenvalue weighted by atomic mass is 10.1. The lowest BCUT2D eigenvalue weighted by Gasteiger charge is -2.34. The van der Waals surface area contributed by atoms with Crippen LogP contribution in [0.4, 0.5) is 10.1 Å². The van der Waals surface area contributed by atoms with Gasteiger partial charge >= 0.3 is 0 Å². The van der Waals surface area contributed by atoms with Gasteiger partial charge in [-0.3, -0.25) is 4.79 Å². The van der Waals surface area contributed by atoms with Crippen molar-refractivity contribution in [2.24, 2.45) is 0 Å². The summed E-state index contributed by atoms with van der Waals surface area (Å²) in [4.78, 5) is 14.5. The second kappa shape index (κ2) is 8.35. The van der Waals surface area contributed by atoms with Crippen LogP contribution >= 0.6 is 0 Å². The van der Waals surface area contributed by atoms with Gasteiger partial charge in [-0.2, -0.15) is 4.31 Å². The number of piperazine rings is 1. The fraction of sp³-hybridized carbons (Fsp3) is 0.409. The topological polar surface area (TPSA) is 69.7 Å². The standard InChI is InChI=1S/C22H26FN3O3S/c1-16-5-7-19(23)14-21(16)24-15-22(27)25-9-11-26(12-10-25)30(28,29)20-8-6-17-3-2-4-18(17)13-20/h5-8,13-14,24H,2-4,9-12,15H2,1H3. The number of nitrogens with zero attached hydrogens (tertiary/aromatic N) is 2. The maximum absolute atomic E-state index is 13.4. The molecule has 0 atom stereocenters. The summed E-state index contributed by atoms with van der Waals surface area (Å²) < 4.78 is 40.9. The van der Waals surface area contributed by atoms with Gasteiger partial charge in [-0.25, -0.2) is 12.8 Å². The number of aryl methyl sites for hydroxylation is 3. The number of fused-ring (bicyclic) bond motifs is 1. The molecule has 30 heavy (non-hydrogen) atoms. The maximum atomic E-state index is 13.4. The van der Waals surface area contributed by atoms with E-state index in [-0.39, 0.29) is 31.4 Å². The summed E-state index contributed by atoms with van der Waals surface area (Å²) >= 11 is 0. The number of hydrogen-bond acceptors (Lipinski definition) is 4. The van der Waals surface area contributed by atoms with Gasteiger partial charge < -0.3 is 10.2 Å². The molecule has 4 rings (SSSR count). The number of hydrogen-bond donors (Lipinski definition) is 1. The summed E-state index contributed by atoms with van der Waals surface area (Å²) in [7, 11) is -3.56. The number of rotatable bonds is 5. The molecule has 0 radical (unpaired) electrons. The first-order valence-electron chi connectivity index (χ1n) is 10.2. The maximum Gasteiger partial charge on any atom is 0.243 e. The minimum Gasteiger partial charge on any atom is -0.376 e. The average Bonchev–Trinajstić information content (AvgIpc) is 3.22. The van der Waals surface area contributed by atoms with Crippen LogP contribution in [0, 0.1) is 12.7 Å². The molecule has 2 aromatic carbocycles. The first kappa shape index (κ1) is 20.8. The second-order valence-corrected chi connectivity index (χ2v) is 9.82. The minimum atomic E-state index is -3.56. The molecular formula is C22H26FN3O3S. The Labute approximate surface area is 176 Å². The summed E-state index contributed by atoms with van der Waals surface area (Å²) in [6.07, 6.45) is 3.02. The lowest BCUT2D eigenvalue weighted by Crippen LogP contribution is -2.51. The molecule has 0 spiro atoms. The van der Waals surface area contributed by atoms with Crippen LogP contribution in [0.15, 0.2) is 41.3 Å². The summed E-state index contributed by atoms with van der Waals surface area (Å²) in [5.41, 5.74) is 3.81. The van der Waals surface area contributed by atoms with E-state index in [1.165, 1.54) is 22.0 Å². The summed E-state index contributed by atoms with van der Waals surface area (Å²) in [5.74, 6) is -0.492. The number of carbonyl (C=O) groups is 1. The molecule has 1 heterocycles. The van der Waals surface area contributed by atoms with Crippen molar-refractivity contribution in [3.8, 4) is 0 Å². The number of nitrogens with one attached hydrogen (secondary N) is 1. The Balaban J connectivity index is 1.35. The predicted molar refractivity (Wildman–Crippen MR) is 113 cm³/mol. The molecule has 1 saturated heterocycles. The van der Waals surface area contributed by atoms with Crippen molar-refractivity contribution in [3.05, 3.63) is 58.9 Å². The van der Waals surface area contributed by atoms with Crippen molar-refractivity contribution >= 4 is 21.6 Å². The summed E-state index contributed by atoms with van der Waals surface area (Å²) in [6.45, 7) is 3.10. The van der Waals surface area contributed by atoms with Crippen LogP contribution in [0.5, 0.6) is 0 Å². The van der Waals surface area contributed by atoms with E-state index in [9.17, 15) is 17.6 Å². The van der Waals surface area contributed by atoms with Gasteiger partial charge in [-0.15, -0.1) is 0 Å². The molecule has 1 amide bonds. The highest BCUT2D eigenvalue weighted by molar-refractivity contribution is 7.89. The van der Waals surface area contributed by atoms with Gasteiger partial charge in [-0.1, -0.05) is 12.1 Å². The zero-order valence-electron chi connectivity index (χ0n) is 17.0. The van der Waals surface area contributed by atoms with Gasteiger partial charge in [0.1, 0.15) is 5.82 Å². The molecule has 1 aliphatic carbocycles. The van der Waals surface area contributed by atoms with E-state index in [1.54, 1.807) is 23.1 Å². The molecule has 160 valence electrons. The zero-order valence-corrected chi connectivity index (χ0v) is 17.8. The van der Waals surface area contributed by atoms with Crippen molar-refractivity contribution in [2.45, 2.75) is 31.1 Å². The average molecular weight is 432 g/mol. The van der Waals surface area contributed by atoms with Gasteiger partial charge in [0, 0.05) is 31.9 Å². The minimum absolute atomic E-state index is 0.0435. The zero-order chi connectivity index (χ0) is 21.3.